The third-order valence-corrected chi connectivity index (χ3v) is 4.49. The van der Waals surface area contributed by atoms with Crippen molar-refractivity contribution in [1.29, 1.82) is 0 Å². The number of aliphatic hydroxyl groups excluding tert-OH is 1. The molecule has 1 atom stereocenters. The maximum Gasteiger partial charge on any atom is 0.227 e. The van der Waals surface area contributed by atoms with Crippen LogP contribution in [0.2, 0.25) is 0 Å². The van der Waals surface area contributed by atoms with Crippen LogP contribution in [0.4, 0.5) is 0 Å². The zero-order valence-corrected chi connectivity index (χ0v) is 14.4. The smallest absolute Gasteiger partial charge is 0.227 e. The van der Waals surface area contributed by atoms with Gasteiger partial charge in [0.15, 0.2) is 0 Å². The molecule has 24 heavy (non-hydrogen) atoms. The molecular formula is C18H26N2O4. The van der Waals surface area contributed by atoms with Crippen molar-refractivity contribution in [3.63, 3.8) is 0 Å². The van der Waals surface area contributed by atoms with E-state index in [1.807, 2.05) is 24.3 Å². The topological polar surface area (TPSA) is 70.1 Å². The van der Waals surface area contributed by atoms with Gasteiger partial charge < -0.3 is 19.6 Å². The second-order valence-corrected chi connectivity index (χ2v) is 6.16. The largest absolute Gasteiger partial charge is 0.497 e. The molecule has 0 radical (unpaired) electrons. The van der Waals surface area contributed by atoms with Crippen LogP contribution in [0.25, 0.3) is 0 Å². The Labute approximate surface area is 143 Å². The fourth-order valence-electron chi connectivity index (χ4n) is 2.96. The summed E-state index contributed by atoms with van der Waals surface area (Å²) >= 11 is 0. The molecule has 0 saturated carbocycles. The monoisotopic (exact) mass is 334 g/mol. The van der Waals surface area contributed by atoms with E-state index in [0.29, 0.717) is 32.5 Å². The Kier molecular flexibility index (Phi) is 6.61. The van der Waals surface area contributed by atoms with Gasteiger partial charge in [0.2, 0.25) is 11.8 Å². The number of piperidine rings is 1. The van der Waals surface area contributed by atoms with Crippen LogP contribution in [0, 0.1) is 5.92 Å². The van der Waals surface area contributed by atoms with E-state index in [9.17, 15) is 9.59 Å². The van der Waals surface area contributed by atoms with E-state index in [1.165, 1.54) is 0 Å². The van der Waals surface area contributed by atoms with Gasteiger partial charge in [-0.1, -0.05) is 12.1 Å². The number of likely N-dealkylation sites (N-methyl/N-ethyl adjacent to an activating group) is 1. The van der Waals surface area contributed by atoms with E-state index >= 15 is 0 Å². The first-order valence-corrected chi connectivity index (χ1v) is 8.31. The number of rotatable bonds is 7. The second kappa shape index (κ2) is 8.68. The van der Waals surface area contributed by atoms with Crippen LogP contribution in [-0.2, 0) is 16.0 Å². The zero-order chi connectivity index (χ0) is 17.5. The molecule has 1 aliphatic heterocycles. The van der Waals surface area contributed by atoms with Gasteiger partial charge in [0.25, 0.3) is 0 Å². The number of likely N-dealkylation sites (tertiary alicyclic amines) is 1. The predicted molar refractivity (Wildman–Crippen MR) is 90.7 cm³/mol. The number of carbonyl (C=O) groups is 2. The number of benzene rings is 1. The van der Waals surface area contributed by atoms with Crippen LogP contribution in [0.3, 0.4) is 0 Å². The summed E-state index contributed by atoms with van der Waals surface area (Å²) in [6.07, 6.45) is 1.75. The lowest BCUT2D eigenvalue weighted by Gasteiger charge is -2.33. The molecule has 1 aliphatic rings. The molecular weight excluding hydrogens is 308 g/mol. The number of nitrogens with zero attached hydrogens (tertiary/aromatic N) is 2. The summed E-state index contributed by atoms with van der Waals surface area (Å²) in [5.41, 5.74) is 1.13. The number of hydrogen-bond donors (Lipinski definition) is 1. The van der Waals surface area contributed by atoms with Gasteiger partial charge >= 0.3 is 0 Å². The van der Waals surface area contributed by atoms with Gasteiger partial charge in [0, 0.05) is 33.1 Å². The average molecular weight is 334 g/mol. The number of aliphatic hydroxyl groups is 1. The SMILES string of the molecule is COc1ccc(CCN2CC(C(=O)N(C)CCO)CCC2=O)cc1. The molecule has 0 spiro atoms. The van der Waals surface area contributed by atoms with E-state index in [1.54, 1.807) is 24.0 Å². The molecule has 2 amide bonds. The molecule has 132 valence electrons. The molecule has 1 N–H and O–H groups in total. The van der Waals surface area contributed by atoms with Crippen molar-refractivity contribution in [3.05, 3.63) is 29.8 Å². The van der Waals surface area contributed by atoms with Crippen LogP contribution in [-0.4, -0.2) is 67.1 Å². The zero-order valence-electron chi connectivity index (χ0n) is 14.4. The van der Waals surface area contributed by atoms with Crippen LogP contribution < -0.4 is 4.74 Å². The Bertz CT molecular complexity index is 559. The maximum atomic E-state index is 12.3. The molecule has 0 aromatic heterocycles. The van der Waals surface area contributed by atoms with Gasteiger partial charge in [-0.3, -0.25) is 9.59 Å². The highest BCUT2D eigenvalue weighted by Gasteiger charge is 2.31. The molecule has 0 aliphatic carbocycles. The Morgan fingerprint density at radius 1 is 1.38 bits per heavy atom. The first-order valence-electron chi connectivity index (χ1n) is 8.31. The third kappa shape index (κ3) is 4.71. The van der Waals surface area contributed by atoms with E-state index < -0.39 is 0 Å². The third-order valence-electron chi connectivity index (χ3n) is 4.49. The van der Waals surface area contributed by atoms with Crippen molar-refractivity contribution in [2.75, 3.05) is 40.4 Å². The minimum atomic E-state index is -0.171. The molecule has 1 aromatic rings. The highest BCUT2D eigenvalue weighted by molar-refractivity contribution is 5.83. The molecule has 1 saturated heterocycles. The Balaban J connectivity index is 1.90. The number of ether oxygens (including phenoxy) is 1. The van der Waals surface area contributed by atoms with Crippen molar-refractivity contribution in [2.24, 2.45) is 5.92 Å². The summed E-state index contributed by atoms with van der Waals surface area (Å²) in [7, 11) is 3.32. The lowest BCUT2D eigenvalue weighted by Crippen LogP contribution is -2.47. The Morgan fingerprint density at radius 3 is 2.71 bits per heavy atom. The Morgan fingerprint density at radius 2 is 2.08 bits per heavy atom. The molecule has 1 unspecified atom stereocenters. The summed E-state index contributed by atoms with van der Waals surface area (Å²) in [5, 5.41) is 8.96. The quantitative estimate of drug-likeness (QED) is 0.805. The molecule has 6 heteroatoms. The van der Waals surface area contributed by atoms with E-state index in [2.05, 4.69) is 0 Å². The number of amides is 2. The van der Waals surface area contributed by atoms with E-state index in [0.717, 1.165) is 17.7 Å². The fraction of sp³-hybridized carbons (Fsp3) is 0.556. The summed E-state index contributed by atoms with van der Waals surface area (Å²) in [5.74, 6) is 0.754. The van der Waals surface area contributed by atoms with Crippen LogP contribution >= 0.6 is 0 Å². The summed E-state index contributed by atoms with van der Waals surface area (Å²) in [4.78, 5) is 27.8. The van der Waals surface area contributed by atoms with Crippen molar-refractivity contribution < 1.29 is 19.4 Å². The maximum absolute atomic E-state index is 12.3. The summed E-state index contributed by atoms with van der Waals surface area (Å²) in [6.45, 7) is 1.35. The molecule has 1 fully saturated rings. The normalized spacial score (nSPS) is 17.7. The van der Waals surface area contributed by atoms with Gasteiger partial charge in [0.05, 0.1) is 19.6 Å². The first kappa shape index (κ1) is 18.3. The highest BCUT2D eigenvalue weighted by atomic mass is 16.5. The van der Waals surface area contributed by atoms with Crippen molar-refractivity contribution in [3.8, 4) is 5.75 Å². The van der Waals surface area contributed by atoms with Gasteiger partial charge in [0.1, 0.15) is 5.75 Å². The fourth-order valence-corrected chi connectivity index (χ4v) is 2.96. The van der Waals surface area contributed by atoms with Gasteiger partial charge in [-0.15, -0.1) is 0 Å². The van der Waals surface area contributed by atoms with Crippen molar-refractivity contribution >= 4 is 11.8 Å². The van der Waals surface area contributed by atoms with E-state index in [4.69, 9.17) is 9.84 Å². The minimum Gasteiger partial charge on any atom is -0.497 e. The van der Waals surface area contributed by atoms with Crippen LogP contribution in [0.15, 0.2) is 24.3 Å². The summed E-state index contributed by atoms with van der Waals surface area (Å²) in [6, 6.07) is 7.79. The Hall–Kier alpha value is -2.08. The molecule has 1 aromatic carbocycles. The van der Waals surface area contributed by atoms with Crippen LogP contribution in [0.5, 0.6) is 5.75 Å². The highest BCUT2D eigenvalue weighted by Crippen LogP contribution is 2.20. The minimum absolute atomic E-state index is 0.00555. The van der Waals surface area contributed by atoms with Gasteiger partial charge in [-0.25, -0.2) is 0 Å². The predicted octanol–water partition coefficient (Wildman–Crippen LogP) is 0.927. The van der Waals surface area contributed by atoms with Gasteiger partial charge in [-0.05, 0) is 30.5 Å². The lowest BCUT2D eigenvalue weighted by atomic mass is 9.95. The number of carbonyl (C=O) groups excluding carboxylic acids is 2. The van der Waals surface area contributed by atoms with Crippen molar-refractivity contribution in [2.45, 2.75) is 19.3 Å². The average Bonchev–Trinajstić information content (AvgIpc) is 2.61. The van der Waals surface area contributed by atoms with Crippen molar-refractivity contribution in [1.82, 2.24) is 9.80 Å². The number of methoxy groups -OCH3 is 1. The summed E-state index contributed by atoms with van der Waals surface area (Å²) < 4.78 is 5.14. The van der Waals surface area contributed by atoms with E-state index in [-0.39, 0.29) is 24.3 Å². The van der Waals surface area contributed by atoms with Gasteiger partial charge in [-0.2, -0.15) is 0 Å². The standard InChI is InChI=1S/C18H26N2O4/c1-19(11-12-21)18(23)15-5-8-17(22)20(13-15)10-9-14-3-6-16(24-2)7-4-14/h3-4,6-7,15,21H,5,8-13H2,1-2H3. The number of hydrogen-bond acceptors (Lipinski definition) is 4. The second-order valence-electron chi connectivity index (χ2n) is 6.16. The molecule has 6 nitrogen and oxygen atoms in total. The molecule has 2 rings (SSSR count). The lowest BCUT2D eigenvalue weighted by molar-refractivity contribution is -0.142. The molecule has 1 heterocycles. The van der Waals surface area contributed by atoms with Crippen LogP contribution in [0.1, 0.15) is 18.4 Å². The first-order chi connectivity index (χ1) is 11.5. The molecule has 0 bridgehead atoms.